The molecule has 6 nitrogen and oxygen atoms in total. The number of carbonyl (C=O) groups excluding carboxylic acids is 1. The Morgan fingerprint density at radius 3 is 2.93 bits per heavy atom. The van der Waals surface area contributed by atoms with Crippen LogP contribution in [0.3, 0.4) is 0 Å². The van der Waals surface area contributed by atoms with Gasteiger partial charge >= 0.3 is 0 Å². The van der Waals surface area contributed by atoms with E-state index < -0.39 is 0 Å². The van der Waals surface area contributed by atoms with Crippen LogP contribution < -0.4 is 5.56 Å². The van der Waals surface area contributed by atoms with Gasteiger partial charge in [-0.05, 0) is 55.7 Å². The van der Waals surface area contributed by atoms with Gasteiger partial charge in [-0.15, -0.1) is 0 Å². The molecule has 152 valence electrons. The first-order valence-electron chi connectivity index (χ1n) is 9.76. The van der Waals surface area contributed by atoms with Crippen molar-refractivity contribution < 1.29 is 13.9 Å². The summed E-state index contributed by atoms with van der Waals surface area (Å²) in [6.07, 6.45) is 3.66. The lowest BCUT2D eigenvalue weighted by molar-refractivity contribution is 0.0776. The second-order valence-corrected chi connectivity index (χ2v) is 7.65. The van der Waals surface area contributed by atoms with Crippen LogP contribution in [0.5, 0.6) is 0 Å². The van der Waals surface area contributed by atoms with Gasteiger partial charge in [0.25, 0.3) is 11.5 Å². The van der Waals surface area contributed by atoms with Crippen LogP contribution in [0.2, 0.25) is 0 Å². The topological polar surface area (TPSA) is 67.3 Å². The van der Waals surface area contributed by atoms with Crippen LogP contribution in [0.15, 0.2) is 41.3 Å². The van der Waals surface area contributed by atoms with Gasteiger partial charge in [0.2, 0.25) is 0 Å². The Morgan fingerprint density at radius 2 is 2.17 bits per heavy atom. The number of rotatable bonds is 5. The maximum Gasteiger partial charge on any atom is 0.263 e. The highest BCUT2D eigenvalue weighted by Crippen LogP contribution is 2.18. The summed E-state index contributed by atoms with van der Waals surface area (Å²) in [5.41, 5.74) is 2.10. The highest BCUT2D eigenvalue weighted by Gasteiger charge is 2.22. The van der Waals surface area contributed by atoms with Crippen LogP contribution in [0.25, 0.3) is 10.9 Å². The molecule has 1 saturated heterocycles. The molecule has 4 rings (SSSR count). The van der Waals surface area contributed by atoms with Crippen LogP contribution >= 0.6 is 0 Å². The van der Waals surface area contributed by atoms with E-state index in [1.807, 2.05) is 6.07 Å². The summed E-state index contributed by atoms with van der Waals surface area (Å²) in [7, 11) is 1.66. The predicted molar refractivity (Wildman–Crippen MR) is 108 cm³/mol. The third-order valence-corrected chi connectivity index (χ3v) is 5.40. The van der Waals surface area contributed by atoms with Crippen LogP contribution in [0.4, 0.5) is 4.39 Å². The van der Waals surface area contributed by atoms with Crippen LogP contribution in [-0.4, -0.2) is 40.1 Å². The molecule has 1 atom stereocenters. The van der Waals surface area contributed by atoms with Crippen molar-refractivity contribution in [3.05, 3.63) is 69.5 Å². The van der Waals surface area contributed by atoms with Crippen LogP contribution in [-0.2, 0) is 17.8 Å². The molecular formula is C22H24FN3O3. The lowest BCUT2D eigenvalue weighted by Gasteiger charge is -2.19. The molecule has 1 aliphatic heterocycles. The predicted octanol–water partition coefficient (Wildman–Crippen LogP) is 3.23. The monoisotopic (exact) mass is 397 g/mol. The van der Waals surface area contributed by atoms with E-state index >= 15 is 0 Å². The first kappa shape index (κ1) is 19.4. The number of carbonyl (C=O) groups is 1. The Bertz CT molecular complexity index is 1110. The number of hydrogen-bond donors (Lipinski definition) is 1. The quantitative estimate of drug-likeness (QED) is 0.719. The van der Waals surface area contributed by atoms with Gasteiger partial charge < -0.3 is 19.2 Å². The van der Waals surface area contributed by atoms with Gasteiger partial charge in [0.05, 0.1) is 19.2 Å². The normalized spacial score (nSPS) is 16.4. The molecule has 0 radical (unpaired) electrons. The molecule has 3 aromatic rings. The van der Waals surface area contributed by atoms with E-state index in [4.69, 9.17) is 4.74 Å². The van der Waals surface area contributed by atoms with Crippen molar-refractivity contribution in [2.24, 2.45) is 0 Å². The SMILES string of the molecule is Cc1ccn(CC2CCCO2)c(=O)c1C(=O)N(C)Cc1cc2cc(F)ccc2[nH]1. The van der Waals surface area contributed by atoms with E-state index in [9.17, 15) is 14.0 Å². The zero-order chi connectivity index (χ0) is 20.5. The van der Waals surface area contributed by atoms with Gasteiger partial charge in [-0.3, -0.25) is 9.59 Å². The fourth-order valence-electron chi connectivity index (χ4n) is 3.84. The van der Waals surface area contributed by atoms with Gasteiger partial charge in [-0.2, -0.15) is 0 Å². The number of amides is 1. The molecule has 1 aliphatic rings. The first-order chi connectivity index (χ1) is 13.9. The van der Waals surface area contributed by atoms with Gasteiger partial charge in [-0.1, -0.05) is 0 Å². The lowest BCUT2D eigenvalue weighted by atomic mass is 10.1. The number of fused-ring (bicyclic) bond motifs is 1. The van der Waals surface area contributed by atoms with E-state index in [-0.39, 0.29) is 35.5 Å². The Morgan fingerprint density at radius 1 is 1.34 bits per heavy atom. The molecule has 3 heterocycles. The lowest BCUT2D eigenvalue weighted by Crippen LogP contribution is -2.36. The Hall–Kier alpha value is -2.93. The Labute approximate surface area is 167 Å². The average Bonchev–Trinajstić information content (AvgIpc) is 3.32. The molecule has 0 spiro atoms. The molecule has 1 N–H and O–H groups in total. The number of aromatic nitrogens is 2. The first-order valence-corrected chi connectivity index (χ1v) is 9.76. The van der Waals surface area contributed by atoms with Crippen molar-refractivity contribution in [3.63, 3.8) is 0 Å². The number of pyridine rings is 1. The van der Waals surface area contributed by atoms with Crippen molar-refractivity contribution in [2.45, 2.75) is 39.0 Å². The molecule has 7 heteroatoms. The standard InChI is InChI=1S/C22H24FN3O3/c1-14-7-8-26(13-18-4-3-9-29-18)22(28)20(14)21(27)25(2)12-17-11-15-10-16(23)5-6-19(15)24-17/h5-8,10-11,18,24H,3-4,9,12-13H2,1-2H3. The van der Waals surface area contributed by atoms with E-state index in [1.54, 1.807) is 36.9 Å². The van der Waals surface area contributed by atoms with E-state index in [2.05, 4.69) is 4.98 Å². The number of hydrogen-bond acceptors (Lipinski definition) is 3. The number of halogens is 1. The zero-order valence-electron chi connectivity index (χ0n) is 16.6. The van der Waals surface area contributed by atoms with E-state index in [0.717, 1.165) is 29.4 Å². The number of nitrogens with one attached hydrogen (secondary N) is 1. The second-order valence-electron chi connectivity index (χ2n) is 7.65. The van der Waals surface area contributed by atoms with Crippen molar-refractivity contribution >= 4 is 16.8 Å². The van der Waals surface area contributed by atoms with Gasteiger partial charge in [0.1, 0.15) is 11.4 Å². The number of nitrogens with zero attached hydrogens (tertiary/aromatic N) is 2. The van der Waals surface area contributed by atoms with Crippen LogP contribution in [0, 0.1) is 12.7 Å². The molecule has 0 aliphatic carbocycles. The molecule has 1 unspecified atom stereocenters. The molecular weight excluding hydrogens is 373 g/mol. The maximum absolute atomic E-state index is 13.4. The van der Waals surface area contributed by atoms with E-state index in [1.165, 1.54) is 17.0 Å². The summed E-state index contributed by atoms with van der Waals surface area (Å²) in [5.74, 6) is -0.641. The highest BCUT2D eigenvalue weighted by atomic mass is 19.1. The summed E-state index contributed by atoms with van der Waals surface area (Å²) in [4.78, 5) is 30.7. The average molecular weight is 397 g/mol. The zero-order valence-corrected chi connectivity index (χ0v) is 16.6. The minimum Gasteiger partial charge on any atom is -0.376 e. The van der Waals surface area contributed by atoms with Gasteiger partial charge in [0.15, 0.2) is 0 Å². The number of benzene rings is 1. The largest absolute Gasteiger partial charge is 0.376 e. The number of aromatic amines is 1. The van der Waals surface area contributed by atoms with E-state index in [0.29, 0.717) is 18.7 Å². The van der Waals surface area contributed by atoms with Gasteiger partial charge in [-0.25, -0.2) is 4.39 Å². The third kappa shape index (κ3) is 3.96. The molecule has 1 amide bonds. The summed E-state index contributed by atoms with van der Waals surface area (Å²) in [6, 6.07) is 8.11. The number of H-pyrrole nitrogens is 1. The minimum absolute atomic E-state index is 0.0165. The van der Waals surface area contributed by atoms with Crippen molar-refractivity contribution in [1.29, 1.82) is 0 Å². The summed E-state index contributed by atoms with van der Waals surface area (Å²) >= 11 is 0. The van der Waals surface area contributed by atoms with Crippen molar-refractivity contribution in [1.82, 2.24) is 14.5 Å². The summed E-state index contributed by atoms with van der Waals surface area (Å²) in [5, 5.41) is 0.746. The van der Waals surface area contributed by atoms with Crippen molar-refractivity contribution in [2.75, 3.05) is 13.7 Å². The summed E-state index contributed by atoms with van der Waals surface area (Å²) < 4.78 is 20.6. The molecule has 0 saturated carbocycles. The molecule has 29 heavy (non-hydrogen) atoms. The molecule has 1 aromatic carbocycles. The highest BCUT2D eigenvalue weighted by molar-refractivity contribution is 5.95. The fraction of sp³-hybridized carbons (Fsp3) is 0.364. The number of aryl methyl sites for hydroxylation is 1. The molecule has 2 aromatic heterocycles. The van der Waals surface area contributed by atoms with Crippen molar-refractivity contribution in [3.8, 4) is 0 Å². The minimum atomic E-state index is -0.334. The van der Waals surface area contributed by atoms with Gasteiger partial charge in [0, 0.05) is 36.4 Å². The molecule has 0 bridgehead atoms. The Balaban J connectivity index is 1.56. The van der Waals surface area contributed by atoms with Crippen LogP contribution in [0.1, 0.15) is 34.5 Å². The second kappa shape index (κ2) is 7.83. The Kier molecular flexibility index (Phi) is 5.24. The number of ether oxygens (including phenoxy) is 1. The third-order valence-electron chi connectivity index (χ3n) is 5.40. The smallest absolute Gasteiger partial charge is 0.263 e. The fourth-order valence-corrected chi connectivity index (χ4v) is 3.84. The molecule has 1 fully saturated rings. The maximum atomic E-state index is 13.4. The summed E-state index contributed by atoms with van der Waals surface area (Å²) in [6.45, 7) is 3.23.